The fraction of sp³-hybridized carbons (Fsp3) is 0.182. The van der Waals surface area contributed by atoms with Gasteiger partial charge in [-0.1, -0.05) is 12.1 Å². The van der Waals surface area contributed by atoms with Crippen LogP contribution < -0.4 is 5.43 Å². The van der Waals surface area contributed by atoms with E-state index in [2.05, 4.69) is 104 Å². The Morgan fingerprint density at radius 2 is 1.86 bits per heavy atom. The number of nitrogens with one attached hydrogen (secondary N) is 1. The van der Waals surface area contributed by atoms with E-state index >= 15 is 0 Å². The number of para-hydroxylation sites is 2. The average molecular weight is 483 g/mol. The summed E-state index contributed by atoms with van der Waals surface area (Å²) in [6.07, 6.45) is 1.87. The van der Waals surface area contributed by atoms with E-state index in [1.807, 2.05) is 24.4 Å². The third-order valence-electron chi connectivity index (χ3n) is 4.89. The van der Waals surface area contributed by atoms with Crippen molar-refractivity contribution in [2.24, 2.45) is 5.10 Å². The predicted molar refractivity (Wildman–Crippen MR) is 125 cm³/mol. The molecule has 6 heteroatoms. The minimum absolute atomic E-state index is 0.756. The van der Waals surface area contributed by atoms with Crippen molar-refractivity contribution in [1.82, 2.24) is 14.1 Å². The zero-order chi connectivity index (χ0) is 19.7. The Hall–Kier alpha value is -2.61. The molecule has 0 aliphatic carbocycles. The molecule has 0 aliphatic rings. The van der Waals surface area contributed by atoms with E-state index in [0.717, 1.165) is 40.5 Å². The first-order valence-electron chi connectivity index (χ1n) is 9.27. The molecule has 2 heterocycles. The standard InChI is InChI=1S/C22H22IN5/c1-4-27-21-8-6-5-7-20(21)25-22(27)26-24-14-17-13-15(2)28(16(17)3)19-11-9-18(23)10-12-19/h5-14H,4H2,1-3H3,(H,25,26)/b24-14-. The van der Waals surface area contributed by atoms with Crippen LogP contribution in [-0.2, 0) is 6.54 Å². The first-order chi connectivity index (χ1) is 13.6. The fourth-order valence-corrected chi connectivity index (χ4v) is 3.91. The minimum atomic E-state index is 0.756. The van der Waals surface area contributed by atoms with Crippen LogP contribution in [0.2, 0.25) is 0 Å². The lowest BCUT2D eigenvalue weighted by molar-refractivity contribution is 0.791. The van der Waals surface area contributed by atoms with Gasteiger partial charge in [-0.25, -0.2) is 10.4 Å². The van der Waals surface area contributed by atoms with Crippen LogP contribution in [0.1, 0.15) is 23.9 Å². The molecule has 0 atom stereocenters. The summed E-state index contributed by atoms with van der Waals surface area (Å²) < 4.78 is 5.61. The highest BCUT2D eigenvalue weighted by atomic mass is 127. The van der Waals surface area contributed by atoms with E-state index in [0.29, 0.717) is 0 Å². The van der Waals surface area contributed by atoms with Gasteiger partial charge >= 0.3 is 0 Å². The van der Waals surface area contributed by atoms with Crippen molar-refractivity contribution < 1.29 is 0 Å². The Kier molecular flexibility index (Phi) is 5.21. The lowest BCUT2D eigenvalue weighted by atomic mass is 10.2. The van der Waals surface area contributed by atoms with Crippen LogP contribution in [0.5, 0.6) is 0 Å². The fourth-order valence-electron chi connectivity index (χ4n) is 3.55. The van der Waals surface area contributed by atoms with Crippen LogP contribution in [0.25, 0.3) is 16.7 Å². The van der Waals surface area contributed by atoms with Gasteiger partial charge in [-0.3, -0.25) is 0 Å². The van der Waals surface area contributed by atoms with E-state index in [1.54, 1.807) is 0 Å². The first-order valence-corrected chi connectivity index (χ1v) is 10.4. The highest BCUT2D eigenvalue weighted by Gasteiger charge is 2.10. The molecule has 4 rings (SSSR count). The molecule has 2 aromatic carbocycles. The molecule has 4 aromatic rings. The molecule has 0 aliphatic heterocycles. The van der Waals surface area contributed by atoms with Gasteiger partial charge in [0.1, 0.15) is 0 Å². The number of fused-ring (bicyclic) bond motifs is 1. The van der Waals surface area contributed by atoms with Crippen molar-refractivity contribution in [3.8, 4) is 5.69 Å². The van der Waals surface area contributed by atoms with Crippen molar-refractivity contribution in [3.63, 3.8) is 0 Å². The van der Waals surface area contributed by atoms with E-state index in [4.69, 9.17) is 0 Å². The van der Waals surface area contributed by atoms with Crippen molar-refractivity contribution >= 4 is 45.8 Å². The molecular weight excluding hydrogens is 461 g/mol. The van der Waals surface area contributed by atoms with Gasteiger partial charge in [0.15, 0.2) is 0 Å². The average Bonchev–Trinajstić information content (AvgIpc) is 3.19. The van der Waals surface area contributed by atoms with Crippen molar-refractivity contribution in [2.45, 2.75) is 27.3 Å². The Labute approximate surface area is 178 Å². The molecular formula is C22H22IN5. The number of anilines is 1. The summed E-state index contributed by atoms with van der Waals surface area (Å²) in [5, 5.41) is 4.47. The van der Waals surface area contributed by atoms with E-state index in [-0.39, 0.29) is 0 Å². The Balaban J connectivity index is 1.61. The highest BCUT2D eigenvalue weighted by molar-refractivity contribution is 14.1. The van der Waals surface area contributed by atoms with Crippen molar-refractivity contribution in [1.29, 1.82) is 0 Å². The number of hydrazone groups is 1. The molecule has 0 fully saturated rings. The molecule has 0 saturated heterocycles. The van der Waals surface area contributed by atoms with Crippen LogP contribution in [0.3, 0.4) is 0 Å². The predicted octanol–water partition coefficient (Wildman–Crippen LogP) is 5.51. The molecule has 0 amide bonds. The molecule has 0 bridgehead atoms. The maximum atomic E-state index is 4.65. The van der Waals surface area contributed by atoms with Gasteiger partial charge in [0.05, 0.1) is 17.2 Å². The molecule has 5 nitrogen and oxygen atoms in total. The van der Waals surface area contributed by atoms with Crippen LogP contribution in [0, 0.1) is 17.4 Å². The van der Waals surface area contributed by atoms with E-state index < -0.39 is 0 Å². The third-order valence-corrected chi connectivity index (χ3v) is 5.61. The maximum Gasteiger partial charge on any atom is 0.224 e. The van der Waals surface area contributed by atoms with Crippen molar-refractivity contribution in [3.05, 3.63) is 75.1 Å². The first kappa shape index (κ1) is 18.7. The number of aryl methyl sites for hydroxylation is 2. The second-order valence-corrected chi connectivity index (χ2v) is 7.92. The Morgan fingerprint density at radius 1 is 1.11 bits per heavy atom. The van der Waals surface area contributed by atoms with Crippen LogP contribution in [0.15, 0.2) is 59.7 Å². The summed E-state index contributed by atoms with van der Waals surface area (Å²) in [5.41, 5.74) is 9.79. The number of aromatic nitrogens is 3. The highest BCUT2D eigenvalue weighted by Crippen LogP contribution is 2.22. The molecule has 28 heavy (non-hydrogen) atoms. The number of benzene rings is 2. The Bertz CT molecular complexity index is 1150. The van der Waals surface area contributed by atoms with Gasteiger partial charge in [0, 0.05) is 32.8 Å². The van der Waals surface area contributed by atoms with Gasteiger partial charge in [-0.2, -0.15) is 5.10 Å². The molecule has 0 spiro atoms. The van der Waals surface area contributed by atoms with E-state index in [9.17, 15) is 0 Å². The largest absolute Gasteiger partial charge is 0.318 e. The molecule has 0 saturated carbocycles. The SMILES string of the molecule is CCn1c(N/N=C\c2cc(C)n(-c3ccc(I)cc3)c2C)nc2ccccc21. The molecule has 142 valence electrons. The number of imidazole rings is 1. The molecule has 2 aromatic heterocycles. The monoisotopic (exact) mass is 483 g/mol. The quantitative estimate of drug-likeness (QED) is 0.231. The van der Waals surface area contributed by atoms with Gasteiger partial charge in [-0.15, -0.1) is 0 Å². The number of hydrogen-bond donors (Lipinski definition) is 1. The van der Waals surface area contributed by atoms with Crippen LogP contribution in [-0.4, -0.2) is 20.3 Å². The summed E-state index contributed by atoms with van der Waals surface area (Å²) in [4.78, 5) is 4.65. The molecule has 1 N–H and O–H groups in total. The second-order valence-electron chi connectivity index (χ2n) is 6.68. The minimum Gasteiger partial charge on any atom is -0.318 e. The number of nitrogens with zero attached hydrogens (tertiary/aromatic N) is 4. The van der Waals surface area contributed by atoms with Gasteiger partial charge in [-0.05, 0) is 85.8 Å². The summed E-state index contributed by atoms with van der Waals surface area (Å²) in [6, 6.07) is 18.8. The normalized spacial score (nSPS) is 11.6. The lowest BCUT2D eigenvalue weighted by Crippen LogP contribution is -2.02. The number of hydrogen-bond acceptors (Lipinski definition) is 3. The van der Waals surface area contributed by atoms with Crippen LogP contribution in [0.4, 0.5) is 5.95 Å². The van der Waals surface area contributed by atoms with Gasteiger partial charge in [0.25, 0.3) is 0 Å². The van der Waals surface area contributed by atoms with Gasteiger partial charge in [0.2, 0.25) is 5.95 Å². The summed E-state index contributed by atoms with van der Waals surface area (Å²) in [6.45, 7) is 7.18. The second kappa shape index (κ2) is 7.79. The smallest absolute Gasteiger partial charge is 0.224 e. The van der Waals surface area contributed by atoms with Crippen molar-refractivity contribution in [2.75, 3.05) is 5.43 Å². The third kappa shape index (κ3) is 3.44. The zero-order valence-electron chi connectivity index (χ0n) is 16.1. The summed E-state index contributed by atoms with van der Waals surface area (Å²) in [5.74, 6) is 0.756. The zero-order valence-corrected chi connectivity index (χ0v) is 18.3. The van der Waals surface area contributed by atoms with Gasteiger partial charge < -0.3 is 9.13 Å². The number of rotatable bonds is 5. The summed E-state index contributed by atoms with van der Waals surface area (Å²) in [7, 11) is 0. The topological polar surface area (TPSA) is 47.1 Å². The number of halogens is 1. The van der Waals surface area contributed by atoms with Crippen LogP contribution >= 0.6 is 22.6 Å². The lowest BCUT2D eigenvalue weighted by Gasteiger charge is -2.09. The maximum absolute atomic E-state index is 4.65. The molecule has 0 unspecified atom stereocenters. The molecule has 0 radical (unpaired) electrons. The Morgan fingerprint density at radius 3 is 2.61 bits per heavy atom. The van der Waals surface area contributed by atoms with E-state index in [1.165, 1.54) is 9.26 Å². The summed E-state index contributed by atoms with van der Waals surface area (Å²) >= 11 is 2.33.